The van der Waals surface area contributed by atoms with E-state index in [1.165, 1.54) is 0 Å². The Morgan fingerprint density at radius 1 is 1.38 bits per heavy atom. The molecule has 2 N–H and O–H groups in total. The van der Waals surface area contributed by atoms with Gasteiger partial charge in [0.25, 0.3) is 0 Å². The molecule has 88 valence electrons. The van der Waals surface area contributed by atoms with E-state index < -0.39 is 0 Å². The van der Waals surface area contributed by atoms with Gasteiger partial charge in [0, 0.05) is 24.1 Å². The molecule has 1 fully saturated rings. The van der Waals surface area contributed by atoms with Crippen molar-refractivity contribution >= 4 is 5.82 Å². The van der Waals surface area contributed by atoms with Crippen LogP contribution in [0.5, 0.6) is 0 Å². The number of rotatable bonds is 2. The third-order valence-corrected chi connectivity index (χ3v) is 2.85. The maximum Gasteiger partial charge on any atom is 0.129 e. The summed E-state index contributed by atoms with van der Waals surface area (Å²) >= 11 is 0. The van der Waals surface area contributed by atoms with E-state index in [-0.39, 0.29) is 5.41 Å². The van der Waals surface area contributed by atoms with Gasteiger partial charge in [0.2, 0.25) is 0 Å². The van der Waals surface area contributed by atoms with E-state index in [2.05, 4.69) is 47.4 Å². The van der Waals surface area contributed by atoms with Crippen LogP contribution >= 0.6 is 0 Å². The van der Waals surface area contributed by atoms with Crippen molar-refractivity contribution in [3.8, 4) is 0 Å². The minimum Gasteiger partial charge on any atom is -0.366 e. The molecule has 16 heavy (non-hydrogen) atoms. The maximum atomic E-state index is 4.32. The van der Waals surface area contributed by atoms with E-state index in [0.29, 0.717) is 6.04 Å². The maximum absolute atomic E-state index is 4.32. The second-order valence-electron chi connectivity index (χ2n) is 5.37. The molecule has 0 aromatic carbocycles. The second kappa shape index (κ2) is 4.37. The van der Waals surface area contributed by atoms with Gasteiger partial charge in [-0.25, -0.2) is 9.97 Å². The third-order valence-electron chi connectivity index (χ3n) is 2.85. The minimum absolute atomic E-state index is 0.0767. The highest BCUT2D eigenvalue weighted by Gasteiger charge is 2.18. The van der Waals surface area contributed by atoms with E-state index in [9.17, 15) is 0 Å². The molecule has 1 saturated heterocycles. The highest BCUT2D eigenvalue weighted by molar-refractivity contribution is 5.38. The smallest absolute Gasteiger partial charge is 0.129 e. The Kier molecular flexibility index (Phi) is 3.10. The minimum atomic E-state index is 0.0767. The van der Waals surface area contributed by atoms with Crippen LogP contribution in [0.2, 0.25) is 0 Å². The van der Waals surface area contributed by atoms with E-state index >= 15 is 0 Å². The molecular formula is C12H20N4. The van der Waals surface area contributed by atoms with E-state index in [1.807, 2.05) is 0 Å². The van der Waals surface area contributed by atoms with Gasteiger partial charge < -0.3 is 10.6 Å². The number of nitrogens with zero attached hydrogens (tertiary/aromatic N) is 2. The molecule has 4 heteroatoms. The lowest BCUT2D eigenvalue weighted by Crippen LogP contribution is -2.23. The molecule has 0 radical (unpaired) electrons. The van der Waals surface area contributed by atoms with Crippen LogP contribution in [0.4, 0.5) is 5.82 Å². The Balaban J connectivity index is 2.09. The topological polar surface area (TPSA) is 49.8 Å². The van der Waals surface area contributed by atoms with Gasteiger partial charge in [0.05, 0.1) is 5.69 Å². The van der Waals surface area contributed by atoms with Gasteiger partial charge in [0.15, 0.2) is 0 Å². The summed E-state index contributed by atoms with van der Waals surface area (Å²) in [5.74, 6) is 0.939. The van der Waals surface area contributed by atoms with Crippen molar-refractivity contribution in [2.24, 2.45) is 0 Å². The Morgan fingerprint density at radius 3 is 2.81 bits per heavy atom. The van der Waals surface area contributed by atoms with Crippen LogP contribution < -0.4 is 10.6 Å². The molecule has 4 nitrogen and oxygen atoms in total. The molecule has 0 spiro atoms. The van der Waals surface area contributed by atoms with Crippen LogP contribution in [0.15, 0.2) is 12.4 Å². The highest BCUT2D eigenvalue weighted by Crippen LogP contribution is 2.21. The molecule has 1 aromatic heterocycles. The van der Waals surface area contributed by atoms with Gasteiger partial charge in [-0.1, -0.05) is 20.8 Å². The number of hydrogen-bond acceptors (Lipinski definition) is 4. The van der Waals surface area contributed by atoms with Gasteiger partial charge in [0.1, 0.15) is 12.1 Å². The zero-order chi connectivity index (χ0) is 11.6. The van der Waals surface area contributed by atoms with Gasteiger partial charge >= 0.3 is 0 Å². The van der Waals surface area contributed by atoms with E-state index in [0.717, 1.165) is 31.0 Å². The zero-order valence-corrected chi connectivity index (χ0v) is 10.2. The van der Waals surface area contributed by atoms with Crippen LogP contribution in [0.25, 0.3) is 0 Å². The average Bonchev–Trinajstić information content (AvgIpc) is 2.70. The SMILES string of the molecule is CC(C)(C)c1cc(NC2CCNC2)ncn1. The molecule has 0 bridgehead atoms. The predicted octanol–water partition coefficient (Wildman–Crippen LogP) is 1.55. The monoisotopic (exact) mass is 220 g/mol. The summed E-state index contributed by atoms with van der Waals surface area (Å²) in [6.45, 7) is 8.60. The molecular weight excluding hydrogens is 200 g/mol. The average molecular weight is 220 g/mol. The fourth-order valence-electron chi connectivity index (χ4n) is 1.83. The summed E-state index contributed by atoms with van der Waals surface area (Å²) in [5.41, 5.74) is 1.16. The second-order valence-corrected chi connectivity index (χ2v) is 5.37. The molecule has 0 aliphatic carbocycles. The van der Waals surface area contributed by atoms with Crippen LogP contribution in [0.1, 0.15) is 32.9 Å². The Morgan fingerprint density at radius 2 is 2.19 bits per heavy atom. The van der Waals surface area contributed by atoms with Crippen molar-refractivity contribution in [3.05, 3.63) is 18.1 Å². The predicted molar refractivity (Wildman–Crippen MR) is 65.6 cm³/mol. The van der Waals surface area contributed by atoms with Crippen LogP contribution in [-0.4, -0.2) is 29.1 Å². The Hall–Kier alpha value is -1.16. The number of hydrogen-bond donors (Lipinski definition) is 2. The third kappa shape index (κ3) is 2.70. The molecule has 0 amide bonds. The molecule has 1 atom stereocenters. The molecule has 1 aliphatic heterocycles. The summed E-state index contributed by atoms with van der Waals surface area (Å²) < 4.78 is 0. The van der Waals surface area contributed by atoms with Crippen molar-refractivity contribution in [2.75, 3.05) is 18.4 Å². The Bertz CT molecular complexity index is 350. The molecule has 2 heterocycles. The Labute approximate surface area is 96.9 Å². The lowest BCUT2D eigenvalue weighted by atomic mass is 9.92. The molecule has 1 aromatic rings. The largest absolute Gasteiger partial charge is 0.366 e. The quantitative estimate of drug-likeness (QED) is 0.794. The first-order valence-electron chi connectivity index (χ1n) is 5.85. The zero-order valence-electron chi connectivity index (χ0n) is 10.2. The van der Waals surface area contributed by atoms with Crippen LogP contribution in [-0.2, 0) is 5.41 Å². The first kappa shape index (κ1) is 11.3. The van der Waals surface area contributed by atoms with Crippen molar-refractivity contribution in [1.82, 2.24) is 15.3 Å². The van der Waals surface area contributed by atoms with Crippen molar-refractivity contribution < 1.29 is 0 Å². The van der Waals surface area contributed by atoms with Gasteiger partial charge in [-0.3, -0.25) is 0 Å². The summed E-state index contributed by atoms with van der Waals surface area (Å²) in [6, 6.07) is 2.56. The van der Waals surface area contributed by atoms with Crippen molar-refractivity contribution in [1.29, 1.82) is 0 Å². The summed E-state index contributed by atoms with van der Waals surface area (Å²) in [4.78, 5) is 8.58. The van der Waals surface area contributed by atoms with E-state index in [1.54, 1.807) is 6.33 Å². The lowest BCUT2D eigenvalue weighted by molar-refractivity contribution is 0.567. The first-order chi connectivity index (χ1) is 7.55. The van der Waals surface area contributed by atoms with Gasteiger partial charge in [-0.05, 0) is 13.0 Å². The molecule has 0 saturated carbocycles. The fourth-order valence-corrected chi connectivity index (χ4v) is 1.83. The standard InChI is InChI=1S/C12H20N4/c1-12(2,3)10-6-11(15-8-14-10)16-9-4-5-13-7-9/h6,8-9,13H,4-5,7H2,1-3H3,(H,14,15,16). The molecule has 2 rings (SSSR count). The van der Waals surface area contributed by atoms with Crippen molar-refractivity contribution in [3.63, 3.8) is 0 Å². The van der Waals surface area contributed by atoms with Crippen molar-refractivity contribution in [2.45, 2.75) is 38.6 Å². The molecule has 1 aliphatic rings. The lowest BCUT2D eigenvalue weighted by Gasteiger charge is -2.19. The highest BCUT2D eigenvalue weighted by atomic mass is 15.1. The van der Waals surface area contributed by atoms with E-state index in [4.69, 9.17) is 0 Å². The first-order valence-corrected chi connectivity index (χ1v) is 5.85. The van der Waals surface area contributed by atoms with Crippen LogP contribution in [0.3, 0.4) is 0 Å². The number of anilines is 1. The summed E-state index contributed by atoms with van der Waals surface area (Å²) in [6.07, 6.45) is 2.81. The van der Waals surface area contributed by atoms with Gasteiger partial charge in [-0.2, -0.15) is 0 Å². The normalized spacial score (nSPS) is 21.1. The molecule has 1 unspecified atom stereocenters. The van der Waals surface area contributed by atoms with Crippen LogP contribution in [0, 0.1) is 0 Å². The van der Waals surface area contributed by atoms with Gasteiger partial charge in [-0.15, -0.1) is 0 Å². The number of nitrogens with one attached hydrogen (secondary N) is 2. The summed E-state index contributed by atoms with van der Waals surface area (Å²) in [7, 11) is 0. The summed E-state index contributed by atoms with van der Waals surface area (Å²) in [5, 5.41) is 6.77. The number of aromatic nitrogens is 2. The fraction of sp³-hybridized carbons (Fsp3) is 0.667.